The smallest absolute Gasteiger partial charge is 0.357 e. The zero-order valence-electron chi connectivity index (χ0n) is 9.08. The van der Waals surface area contributed by atoms with Crippen LogP contribution in [0.25, 0.3) is 0 Å². The molecule has 2 atom stereocenters. The van der Waals surface area contributed by atoms with Crippen molar-refractivity contribution in [2.45, 2.75) is 30.8 Å². The summed E-state index contributed by atoms with van der Waals surface area (Å²) >= 11 is 0. The highest BCUT2D eigenvalue weighted by Gasteiger charge is 2.63. The Morgan fingerprint density at radius 2 is 1.88 bits per heavy atom. The summed E-state index contributed by atoms with van der Waals surface area (Å²) in [5.41, 5.74) is 1.84. The molecule has 0 radical (unpaired) electrons. The van der Waals surface area contributed by atoms with Crippen molar-refractivity contribution in [2.75, 3.05) is 0 Å². The second-order valence-electron chi connectivity index (χ2n) is 4.36. The Morgan fingerprint density at radius 1 is 1.29 bits per heavy atom. The summed E-state index contributed by atoms with van der Waals surface area (Å²) in [4.78, 5) is 4.36. The second kappa shape index (κ2) is 3.69. The first-order valence-corrected chi connectivity index (χ1v) is 5.07. The Hall–Kier alpha value is -1.11. The lowest BCUT2D eigenvalue weighted by Gasteiger charge is -2.25. The molecule has 1 aliphatic heterocycles. The number of hydrogen-bond donors (Lipinski definition) is 2. The molecule has 0 spiro atoms. The molecular formula is C11H12F3NO2. The molecule has 3 nitrogen and oxygen atoms in total. The van der Waals surface area contributed by atoms with Gasteiger partial charge in [-0.1, -0.05) is 30.3 Å². The van der Waals surface area contributed by atoms with Gasteiger partial charge in [0, 0.05) is 6.42 Å². The van der Waals surface area contributed by atoms with Crippen LogP contribution < -0.4 is 5.48 Å². The maximum atomic E-state index is 12.6. The molecule has 94 valence electrons. The Kier molecular flexibility index (Phi) is 2.68. The molecule has 1 aliphatic rings. The second-order valence-corrected chi connectivity index (χ2v) is 4.36. The van der Waals surface area contributed by atoms with Gasteiger partial charge in [-0.05, 0) is 12.5 Å². The van der Waals surface area contributed by atoms with E-state index in [2.05, 4.69) is 10.3 Å². The Labute approximate surface area is 96.2 Å². The van der Waals surface area contributed by atoms with Crippen LogP contribution in [-0.4, -0.2) is 17.1 Å². The van der Waals surface area contributed by atoms with Crippen molar-refractivity contribution in [3.8, 4) is 0 Å². The van der Waals surface area contributed by atoms with Crippen LogP contribution in [0.15, 0.2) is 30.3 Å². The molecule has 1 aromatic carbocycles. The number of aliphatic hydroxyl groups is 1. The number of hydroxylamine groups is 1. The first-order chi connectivity index (χ1) is 7.77. The van der Waals surface area contributed by atoms with Crippen LogP contribution in [0.3, 0.4) is 0 Å². The van der Waals surface area contributed by atoms with Crippen molar-refractivity contribution in [3.05, 3.63) is 35.9 Å². The van der Waals surface area contributed by atoms with Gasteiger partial charge in [0.1, 0.15) is 0 Å². The number of rotatable bonds is 1. The summed E-state index contributed by atoms with van der Waals surface area (Å²) in [6.07, 6.45) is -5.42. The predicted octanol–water partition coefficient (Wildman–Crippen LogP) is 2.08. The molecule has 6 heteroatoms. The normalized spacial score (nSPS) is 33.9. The van der Waals surface area contributed by atoms with Crippen molar-refractivity contribution < 1.29 is 23.1 Å². The van der Waals surface area contributed by atoms with E-state index >= 15 is 0 Å². The summed E-state index contributed by atoms with van der Waals surface area (Å²) in [5, 5.41) is 9.42. The van der Waals surface area contributed by atoms with Crippen LogP contribution in [0.2, 0.25) is 0 Å². The Morgan fingerprint density at radius 3 is 2.35 bits per heavy atom. The lowest BCUT2D eigenvalue weighted by molar-refractivity contribution is -0.361. The molecular weight excluding hydrogens is 235 g/mol. The summed E-state index contributed by atoms with van der Waals surface area (Å²) in [5.74, 6) is -3.14. The minimum absolute atomic E-state index is 0.590. The molecule has 1 heterocycles. The highest BCUT2D eigenvalue weighted by molar-refractivity contribution is 5.24. The molecule has 2 rings (SSSR count). The summed E-state index contributed by atoms with van der Waals surface area (Å²) in [6.45, 7) is 1.55. The first kappa shape index (κ1) is 12.3. The van der Waals surface area contributed by atoms with E-state index in [9.17, 15) is 18.3 Å². The largest absolute Gasteiger partial charge is 0.444 e. The number of halogens is 3. The third-order valence-corrected chi connectivity index (χ3v) is 2.89. The highest BCUT2D eigenvalue weighted by atomic mass is 19.4. The number of nitrogens with one attached hydrogen (secondary N) is 1. The van der Waals surface area contributed by atoms with Gasteiger partial charge in [-0.15, -0.1) is 0 Å². The lowest BCUT2D eigenvalue weighted by Crippen LogP contribution is -2.45. The van der Waals surface area contributed by atoms with Crippen LogP contribution >= 0.6 is 0 Å². The number of alkyl halides is 3. The zero-order valence-corrected chi connectivity index (χ0v) is 9.08. The predicted molar refractivity (Wildman–Crippen MR) is 53.6 cm³/mol. The van der Waals surface area contributed by atoms with E-state index in [0.717, 1.165) is 0 Å². The summed E-state index contributed by atoms with van der Waals surface area (Å²) in [7, 11) is 0. The van der Waals surface area contributed by atoms with Gasteiger partial charge >= 0.3 is 6.18 Å². The standard InChI is InChI=1S/C11H12F3NO2/c1-9(8-5-3-2-4-6-8)7-10(16,17-15-9)11(12,13)14/h2-6,15-16H,7H2,1H3/t9-,10+/m0/s1. The fourth-order valence-electron chi connectivity index (χ4n) is 1.87. The van der Waals surface area contributed by atoms with Crippen molar-refractivity contribution in [2.24, 2.45) is 0 Å². The van der Waals surface area contributed by atoms with E-state index in [1.165, 1.54) is 0 Å². The molecule has 2 N–H and O–H groups in total. The van der Waals surface area contributed by atoms with Gasteiger partial charge in [-0.25, -0.2) is 0 Å². The monoisotopic (exact) mass is 247 g/mol. The molecule has 0 bridgehead atoms. The van der Waals surface area contributed by atoms with Gasteiger partial charge in [-0.3, -0.25) is 4.84 Å². The molecule has 0 unspecified atom stereocenters. The SMILES string of the molecule is C[C@@]1(c2ccccc2)C[C@](O)(C(F)(F)F)ON1. The van der Waals surface area contributed by atoms with E-state index in [4.69, 9.17) is 0 Å². The van der Waals surface area contributed by atoms with Gasteiger partial charge in [0.05, 0.1) is 5.54 Å². The maximum Gasteiger partial charge on any atom is 0.444 e. The molecule has 0 aromatic heterocycles. The molecule has 0 saturated carbocycles. The molecule has 17 heavy (non-hydrogen) atoms. The minimum atomic E-state index is -4.83. The molecule has 0 amide bonds. The van der Waals surface area contributed by atoms with Gasteiger partial charge in [0.2, 0.25) is 0 Å². The third kappa shape index (κ3) is 2.03. The van der Waals surface area contributed by atoms with Gasteiger partial charge in [-0.2, -0.15) is 18.7 Å². The average Bonchev–Trinajstić information content (AvgIpc) is 2.58. The maximum absolute atomic E-state index is 12.6. The van der Waals surface area contributed by atoms with E-state index in [1.807, 2.05) is 0 Å². The first-order valence-electron chi connectivity index (χ1n) is 5.07. The number of hydrogen-bond acceptors (Lipinski definition) is 3. The highest BCUT2D eigenvalue weighted by Crippen LogP contribution is 2.44. The summed E-state index contributed by atoms with van der Waals surface area (Å²) in [6, 6.07) is 8.55. The molecule has 0 aliphatic carbocycles. The average molecular weight is 247 g/mol. The third-order valence-electron chi connectivity index (χ3n) is 2.89. The number of benzene rings is 1. The van der Waals surface area contributed by atoms with Crippen molar-refractivity contribution >= 4 is 0 Å². The van der Waals surface area contributed by atoms with Crippen LogP contribution in [0.1, 0.15) is 18.9 Å². The minimum Gasteiger partial charge on any atom is -0.357 e. The van der Waals surface area contributed by atoms with Gasteiger partial charge in [0.25, 0.3) is 5.79 Å². The molecule has 1 saturated heterocycles. The zero-order chi connectivity index (χ0) is 12.7. The van der Waals surface area contributed by atoms with Crippen LogP contribution in [0.4, 0.5) is 13.2 Å². The van der Waals surface area contributed by atoms with E-state index < -0.39 is 23.9 Å². The van der Waals surface area contributed by atoms with Gasteiger partial charge < -0.3 is 5.11 Å². The topological polar surface area (TPSA) is 41.5 Å². The molecule has 1 aromatic rings. The van der Waals surface area contributed by atoms with Crippen LogP contribution in [0.5, 0.6) is 0 Å². The van der Waals surface area contributed by atoms with Crippen molar-refractivity contribution in [1.82, 2.24) is 5.48 Å². The van der Waals surface area contributed by atoms with E-state index in [-0.39, 0.29) is 0 Å². The Bertz CT molecular complexity index is 409. The Balaban J connectivity index is 2.28. The molecule has 1 fully saturated rings. The summed E-state index contributed by atoms with van der Waals surface area (Å²) < 4.78 is 37.8. The van der Waals surface area contributed by atoms with Gasteiger partial charge in [0.15, 0.2) is 0 Å². The quantitative estimate of drug-likeness (QED) is 0.798. The van der Waals surface area contributed by atoms with E-state index in [0.29, 0.717) is 5.56 Å². The fraction of sp³-hybridized carbons (Fsp3) is 0.455. The van der Waals surface area contributed by atoms with Crippen LogP contribution in [-0.2, 0) is 10.4 Å². The van der Waals surface area contributed by atoms with E-state index in [1.54, 1.807) is 37.3 Å². The van der Waals surface area contributed by atoms with Crippen molar-refractivity contribution in [1.29, 1.82) is 0 Å². The fourth-order valence-corrected chi connectivity index (χ4v) is 1.87. The lowest BCUT2D eigenvalue weighted by atomic mass is 9.87. The van der Waals surface area contributed by atoms with Crippen molar-refractivity contribution in [3.63, 3.8) is 0 Å². The van der Waals surface area contributed by atoms with Crippen LogP contribution in [0, 0.1) is 0 Å².